The van der Waals surface area contributed by atoms with Crippen LogP contribution < -0.4 is 10.6 Å². The van der Waals surface area contributed by atoms with E-state index < -0.39 is 11.9 Å². The van der Waals surface area contributed by atoms with Gasteiger partial charge in [0.15, 0.2) is 11.6 Å². The average molecular weight is 341 g/mol. The van der Waals surface area contributed by atoms with Gasteiger partial charge in [-0.05, 0) is 25.3 Å². The summed E-state index contributed by atoms with van der Waals surface area (Å²) in [7, 11) is 0. The molecule has 2 N–H and O–H groups in total. The summed E-state index contributed by atoms with van der Waals surface area (Å²) in [5.74, 6) is 0.309. The number of oxazole rings is 1. The number of hydrogen-bond donors (Lipinski definition) is 2. The van der Waals surface area contributed by atoms with E-state index in [9.17, 15) is 9.59 Å². The zero-order chi connectivity index (χ0) is 17.6. The van der Waals surface area contributed by atoms with E-state index in [1.54, 1.807) is 6.92 Å². The maximum absolute atomic E-state index is 12.2. The summed E-state index contributed by atoms with van der Waals surface area (Å²) >= 11 is 0. The van der Waals surface area contributed by atoms with Gasteiger partial charge in [-0.3, -0.25) is 9.59 Å². The molecule has 6 heteroatoms. The summed E-state index contributed by atoms with van der Waals surface area (Å²) in [6.07, 6.45) is 5.83. The van der Waals surface area contributed by atoms with Gasteiger partial charge in [0.05, 0.1) is 0 Å². The minimum atomic E-state index is -0.650. The third-order valence-corrected chi connectivity index (χ3v) is 4.51. The summed E-state index contributed by atoms with van der Waals surface area (Å²) in [5.41, 5.74) is 1.23. The molecule has 0 unspecified atom stereocenters. The summed E-state index contributed by atoms with van der Waals surface area (Å²) in [6, 6.07) is 8.97. The van der Waals surface area contributed by atoms with Crippen LogP contribution in [0.2, 0.25) is 0 Å². The number of aromatic nitrogens is 1. The van der Waals surface area contributed by atoms with Crippen LogP contribution in [0.4, 0.5) is 0 Å². The van der Waals surface area contributed by atoms with Crippen LogP contribution in [-0.4, -0.2) is 22.8 Å². The van der Waals surface area contributed by atoms with E-state index in [0.717, 1.165) is 18.4 Å². The molecule has 2 aromatic rings. The second-order valence-corrected chi connectivity index (χ2v) is 6.45. The van der Waals surface area contributed by atoms with Gasteiger partial charge in [-0.2, -0.15) is 0 Å². The van der Waals surface area contributed by atoms with Crippen molar-refractivity contribution >= 4 is 11.8 Å². The maximum atomic E-state index is 12.2. The van der Waals surface area contributed by atoms with Crippen molar-refractivity contribution in [3.63, 3.8) is 0 Å². The molecule has 1 aliphatic carbocycles. The van der Waals surface area contributed by atoms with Gasteiger partial charge >= 0.3 is 0 Å². The SMILES string of the molecule is C[C@H](NC(=O)c1coc(C2CCCC2)n1)C(=O)NCc1ccccc1. The molecule has 0 aliphatic heterocycles. The molecule has 25 heavy (non-hydrogen) atoms. The second kappa shape index (κ2) is 7.96. The third kappa shape index (κ3) is 4.47. The first-order valence-electron chi connectivity index (χ1n) is 8.71. The number of nitrogens with zero attached hydrogens (tertiary/aromatic N) is 1. The topological polar surface area (TPSA) is 84.2 Å². The van der Waals surface area contributed by atoms with E-state index >= 15 is 0 Å². The Kier molecular flexibility index (Phi) is 5.48. The first kappa shape index (κ1) is 17.2. The summed E-state index contributed by atoms with van der Waals surface area (Å²) in [5, 5.41) is 5.47. The highest BCUT2D eigenvalue weighted by atomic mass is 16.3. The Morgan fingerprint density at radius 2 is 1.96 bits per heavy atom. The standard InChI is InChI=1S/C19H23N3O3/c1-13(17(23)20-11-14-7-3-2-4-8-14)21-18(24)16-12-25-19(22-16)15-9-5-6-10-15/h2-4,7-8,12-13,15H,5-6,9-11H2,1H3,(H,20,23)(H,21,24)/t13-/m0/s1. The van der Waals surface area contributed by atoms with Gasteiger partial charge in [0.25, 0.3) is 5.91 Å². The van der Waals surface area contributed by atoms with Gasteiger partial charge in [0.2, 0.25) is 5.91 Å². The molecule has 1 fully saturated rings. The molecule has 0 spiro atoms. The predicted octanol–water partition coefficient (Wildman–Crippen LogP) is 2.77. The molecule has 1 atom stereocenters. The summed E-state index contributed by atoms with van der Waals surface area (Å²) < 4.78 is 5.44. The fourth-order valence-corrected chi connectivity index (χ4v) is 3.03. The molecule has 0 bridgehead atoms. The Balaban J connectivity index is 1.50. The van der Waals surface area contributed by atoms with Crippen molar-refractivity contribution in [2.24, 2.45) is 0 Å². The van der Waals surface area contributed by atoms with Crippen molar-refractivity contribution in [3.8, 4) is 0 Å². The van der Waals surface area contributed by atoms with Crippen molar-refractivity contribution in [3.05, 3.63) is 53.7 Å². The van der Waals surface area contributed by atoms with E-state index in [0.29, 0.717) is 18.4 Å². The van der Waals surface area contributed by atoms with Gasteiger partial charge in [-0.1, -0.05) is 43.2 Å². The van der Waals surface area contributed by atoms with Crippen LogP contribution in [0, 0.1) is 0 Å². The maximum Gasteiger partial charge on any atom is 0.273 e. The molecule has 0 radical (unpaired) electrons. The fraction of sp³-hybridized carbons (Fsp3) is 0.421. The highest BCUT2D eigenvalue weighted by Gasteiger charge is 2.24. The number of carbonyl (C=O) groups excluding carboxylic acids is 2. The minimum Gasteiger partial charge on any atom is -0.448 e. The Bertz CT molecular complexity index is 721. The lowest BCUT2D eigenvalue weighted by Crippen LogP contribution is -2.44. The molecular formula is C19H23N3O3. The molecule has 132 valence electrons. The second-order valence-electron chi connectivity index (χ2n) is 6.45. The Morgan fingerprint density at radius 3 is 2.68 bits per heavy atom. The Morgan fingerprint density at radius 1 is 1.24 bits per heavy atom. The van der Waals surface area contributed by atoms with E-state index in [4.69, 9.17) is 4.42 Å². The minimum absolute atomic E-state index is 0.226. The normalized spacial score (nSPS) is 15.7. The molecule has 1 aromatic heterocycles. The van der Waals surface area contributed by atoms with Crippen LogP contribution in [0.15, 0.2) is 41.0 Å². The number of nitrogens with one attached hydrogen (secondary N) is 2. The highest BCUT2D eigenvalue weighted by Crippen LogP contribution is 2.33. The monoisotopic (exact) mass is 341 g/mol. The molecule has 1 aromatic carbocycles. The van der Waals surface area contributed by atoms with Gasteiger partial charge < -0.3 is 15.1 Å². The summed E-state index contributed by atoms with van der Waals surface area (Å²) in [6.45, 7) is 2.08. The number of amides is 2. The third-order valence-electron chi connectivity index (χ3n) is 4.51. The van der Waals surface area contributed by atoms with Gasteiger partial charge in [-0.15, -0.1) is 0 Å². The summed E-state index contributed by atoms with van der Waals surface area (Å²) in [4.78, 5) is 28.7. The van der Waals surface area contributed by atoms with E-state index in [2.05, 4.69) is 15.6 Å². The van der Waals surface area contributed by atoms with Gasteiger partial charge in [0.1, 0.15) is 12.3 Å². The lowest BCUT2D eigenvalue weighted by molar-refractivity contribution is -0.122. The zero-order valence-corrected chi connectivity index (χ0v) is 14.3. The molecule has 3 rings (SSSR count). The number of hydrogen-bond acceptors (Lipinski definition) is 4. The van der Waals surface area contributed by atoms with Crippen molar-refractivity contribution in [2.45, 2.75) is 51.1 Å². The van der Waals surface area contributed by atoms with Crippen LogP contribution >= 0.6 is 0 Å². The van der Waals surface area contributed by atoms with Crippen LogP contribution in [0.25, 0.3) is 0 Å². The smallest absolute Gasteiger partial charge is 0.273 e. The van der Waals surface area contributed by atoms with E-state index in [-0.39, 0.29) is 11.6 Å². The van der Waals surface area contributed by atoms with Crippen LogP contribution in [0.5, 0.6) is 0 Å². The molecule has 2 amide bonds. The van der Waals surface area contributed by atoms with Crippen LogP contribution in [0.3, 0.4) is 0 Å². The van der Waals surface area contributed by atoms with Crippen molar-refractivity contribution in [2.75, 3.05) is 0 Å². The lowest BCUT2D eigenvalue weighted by Gasteiger charge is -2.13. The molecule has 6 nitrogen and oxygen atoms in total. The van der Waals surface area contributed by atoms with Crippen molar-refractivity contribution in [1.82, 2.24) is 15.6 Å². The lowest BCUT2D eigenvalue weighted by atomic mass is 10.1. The number of rotatable bonds is 6. The van der Waals surface area contributed by atoms with Crippen molar-refractivity contribution in [1.29, 1.82) is 0 Å². The number of benzene rings is 1. The molecular weight excluding hydrogens is 318 g/mol. The Hall–Kier alpha value is -2.63. The van der Waals surface area contributed by atoms with Crippen LogP contribution in [-0.2, 0) is 11.3 Å². The Labute approximate surface area is 147 Å². The molecule has 1 heterocycles. The molecule has 1 saturated carbocycles. The largest absolute Gasteiger partial charge is 0.448 e. The van der Waals surface area contributed by atoms with E-state index in [1.165, 1.54) is 19.1 Å². The predicted molar refractivity (Wildman–Crippen MR) is 92.9 cm³/mol. The zero-order valence-electron chi connectivity index (χ0n) is 14.3. The van der Waals surface area contributed by atoms with Crippen molar-refractivity contribution < 1.29 is 14.0 Å². The van der Waals surface area contributed by atoms with Crippen LogP contribution in [0.1, 0.15) is 60.5 Å². The fourth-order valence-electron chi connectivity index (χ4n) is 3.03. The highest BCUT2D eigenvalue weighted by molar-refractivity contribution is 5.95. The quantitative estimate of drug-likeness (QED) is 0.846. The first-order chi connectivity index (χ1) is 12.1. The van der Waals surface area contributed by atoms with E-state index in [1.807, 2.05) is 30.3 Å². The first-order valence-corrected chi connectivity index (χ1v) is 8.71. The molecule has 0 saturated heterocycles. The van der Waals surface area contributed by atoms with Gasteiger partial charge in [0, 0.05) is 12.5 Å². The number of carbonyl (C=O) groups is 2. The molecule has 1 aliphatic rings. The van der Waals surface area contributed by atoms with Gasteiger partial charge in [-0.25, -0.2) is 4.98 Å². The average Bonchev–Trinajstić information content (AvgIpc) is 3.31.